The molecule has 7 heteroatoms. The van der Waals surface area contributed by atoms with Crippen molar-refractivity contribution in [3.8, 4) is 0 Å². The lowest BCUT2D eigenvalue weighted by Crippen LogP contribution is -2.34. The first-order valence-electron chi connectivity index (χ1n) is 8.31. The molecular formula is C19H23Cl2NO3P+. The fourth-order valence-electron chi connectivity index (χ4n) is 2.65. The van der Waals surface area contributed by atoms with Gasteiger partial charge in [0.05, 0.1) is 16.6 Å². The van der Waals surface area contributed by atoms with Crippen molar-refractivity contribution < 1.29 is 14.6 Å². The van der Waals surface area contributed by atoms with E-state index in [1.807, 2.05) is 49.4 Å². The lowest BCUT2D eigenvalue weighted by Gasteiger charge is -2.15. The van der Waals surface area contributed by atoms with Gasteiger partial charge in [0.1, 0.15) is 6.16 Å². The maximum atomic E-state index is 12.1. The first kappa shape index (κ1) is 21.3. The smallest absolute Gasteiger partial charge is 0.279 e. The lowest BCUT2D eigenvalue weighted by molar-refractivity contribution is -0.116. The molecule has 140 valence electrons. The molecule has 0 fully saturated rings. The SMILES string of the molecule is CC(Cc1ccc(Cl)c(Cl)c1)NCC(=O)C[P+](O)(O)Cc1ccccc1. The van der Waals surface area contributed by atoms with E-state index >= 15 is 0 Å². The van der Waals surface area contributed by atoms with Crippen LogP contribution in [0.4, 0.5) is 0 Å². The van der Waals surface area contributed by atoms with Crippen LogP contribution in [0.5, 0.6) is 0 Å². The number of Topliss-reactive ketones (excluding diaryl/α,β-unsaturated/α-hetero) is 1. The van der Waals surface area contributed by atoms with E-state index in [0.717, 1.165) is 11.1 Å². The molecule has 2 aromatic rings. The number of rotatable bonds is 9. The predicted molar refractivity (Wildman–Crippen MR) is 109 cm³/mol. The van der Waals surface area contributed by atoms with Gasteiger partial charge in [-0.15, -0.1) is 0 Å². The predicted octanol–water partition coefficient (Wildman–Crippen LogP) is 4.12. The van der Waals surface area contributed by atoms with Crippen LogP contribution < -0.4 is 5.32 Å². The molecule has 1 atom stereocenters. The summed E-state index contributed by atoms with van der Waals surface area (Å²) in [6, 6.07) is 14.7. The van der Waals surface area contributed by atoms with E-state index in [2.05, 4.69) is 5.32 Å². The lowest BCUT2D eigenvalue weighted by atomic mass is 10.1. The van der Waals surface area contributed by atoms with E-state index in [1.165, 1.54) is 0 Å². The van der Waals surface area contributed by atoms with Crippen molar-refractivity contribution in [2.75, 3.05) is 12.7 Å². The van der Waals surface area contributed by atoms with Crippen molar-refractivity contribution in [1.82, 2.24) is 5.32 Å². The molecule has 0 saturated carbocycles. The number of carbonyl (C=O) groups excluding carboxylic acids is 1. The van der Waals surface area contributed by atoms with Gasteiger partial charge in [-0.3, -0.25) is 4.79 Å². The third-order valence-electron chi connectivity index (χ3n) is 3.88. The van der Waals surface area contributed by atoms with Gasteiger partial charge in [0.15, 0.2) is 11.9 Å². The molecule has 2 rings (SSSR count). The summed E-state index contributed by atoms with van der Waals surface area (Å²) in [5, 5.41) is 4.13. The van der Waals surface area contributed by atoms with Gasteiger partial charge in [0.25, 0.3) is 7.72 Å². The van der Waals surface area contributed by atoms with Crippen LogP contribution in [0.25, 0.3) is 0 Å². The van der Waals surface area contributed by atoms with Gasteiger partial charge >= 0.3 is 0 Å². The maximum absolute atomic E-state index is 12.1. The highest BCUT2D eigenvalue weighted by Crippen LogP contribution is 2.52. The van der Waals surface area contributed by atoms with Gasteiger partial charge in [-0.1, -0.05) is 59.6 Å². The van der Waals surface area contributed by atoms with Gasteiger partial charge in [-0.2, -0.15) is 0 Å². The molecule has 0 heterocycles. The largest absolute Gasteiger partial charge is 0.307 e. The zero-order valence-electron chi connectivity index (χ0n) is 14.5. The molecule has 0 aliphatic carbocycles. The number of hydrogen-bond donors (Lipinski definition) is 3. The molecule has 26 heavy (non-hydrogen) atoms. The van der Waals surface area contributed by atoms with Gasteiger partial charge in [0, 0.05) is 6.04 Å². The molecule has 0 amide bonds. The normalized spacial score (nSPS) is 12.8. The highest BCUT2D eigenvalue weighted by Gasteiger charge is 2.36. The second-order valence-corrected chi connectivity index (χ2v) is 9.66. The van der Waals surface area contributed by atoms with Crippen molar-refractivity contribution in [2.45, 2.75) is 25.5 Å². The molecular weight excluding hydrogens is 392 g/mol. The van der Waals surface area contributed by atoms with Gasteiger partial charge in [0.2, 0.25) is 0 Å². The average molecular weight is 415 g/mol. The summed E-state index contributed by atoms with van der Waals surface area (Å²) in [4.78, 5) is 32.5. The molecule has 4 nitrogen and oxygen atoms in total. The number of ketones is 1. The third-order valence-corrected chi connectivity index (χ3v) is 6.35. The Hall–Kier alpha value is -1.00. The quantitative estimate of drug-likeness (QED) is 0.539. The van der Waals surface area contributed by atoms with Crippen LogP contribution in [0.1, 0.15) is 18.1 Å². The summed E-state index contributed by atoms with van der Waals surface area (Å²) in [6.45, 7) is 2.06. The van der Waals surface area contributed by atoms with Crippen molar-refractivity contribution >= 4 is 36.7 Å². The van der Waals surface area contributed by atoms with E-state index in [0.29, 0.717) is 16.5 Å². The standard InChI is InChI=1S/C19H23Cl2NO3P/c1-14(9-16-7-8-18(20)19(21)10-16)22-11-17(23)13-26(24,25)12-15-5-3-2-4-6-15/h2-8,10,14,22,24-25H,9,11-13H2,1H3/q+1. The van der Waals surface area contributed by atoms with Crippen molar-refractivity contribution in [3.63, 3.8) is 0 Å². The monoisotopic (exact) mass is 414 g/mol. The zero-order chi connectivity index (χ0) is 19.2. The molecule has 0 aromatic heterocycles. The minimum atomic E-state index is -3.28. The van der Waals surface area contributed by atoms with E-state index < -0.39 is 7.72 Å². The second-order valence-electron chi connectivity index (χ2n) is 6.45. The van der Waals surface area contributed by atoms with Gasteiger partial charge < -0.3 is 5.32 Å². The molecule has 1 unspecified atom stereocenters. The number of carbonyl (C=O) groups is 1. The molecule has 0 aliphatic rings. The third kappa shape index (κ3) is 7.32. The number of hydrogen-bond acceptors (Lipinski definition) is 4. The molecule has 2 aromatic carbocycles. The van der Waals surface area contributed by atoms with Crippen LogP contribution in [0.3, 0.4) is 0 Å². The number of halogens is 2. The highest BCUT2D eigenvalue weighted by molar-refractivity contribution is 7.64. The van der Waals surface area contributed by atoms with Crippen LogP contribution in [-0.4, -0.2) is 34.3 Å². The van der Waals surface area contributed by atoms with E-state index in [4.69, 9.17) is 23.2 Å². The highest BCUT2D eigenvalue weighted by atomic mass is 35.5. The van der Waals surface area contributed by atoms with E-state index in [1.54, 1.807) is 6.07 Å². The minimum Gasteiger partial charge on any atom is -0.307 e. The summed E-state index contributed by atoms with van der Waals surface area (Å²) < 4.78 is 0. The Labute approximate surface area is 164 Å². The molecule has 0 aliphatic heterocycles. The van der Waals surface area contributed by atoms with Crippen LogP contribution in [0.2, 0.25) is 10.0 Å². The molecule has 0 spiro atoms. The number of nitrogens with one attached hydrogen (secondary N) is 1. The maximum Gasteiger partial charge on any atom is 0.279 e. The zero-order valence-corrected chi connectivity index (χ0v) is 16.9. The molecule has 0 bridgehead atoms. The Morgan fingerprint density at radius 1 is 1.08 bits per heavy atom. The van der Waals surface area contributed by atoms with Crippen molar-refractivity contribution in [2.24, 2.45) is 0 Å². The van der Waals surface area contributed by atoms with Crippen molar-refractivity contribution in [3.05, 3.63) is 69.7 Å². The Bertz CT molecular complexity index is 741. The van der Waals surface area contributed by atoms with Crippen molar-refractivity contribution in [1.29, 1.82) is 0 Å². The van der Waals surface area contributed by atoms with Crippen LogP contribution in [0.15, 0.2) is 48.5 Å². The summed E-state index contributed by atoms with van der Waals surface area (Å²) in [7, 11) is -3.28. The second kappa shape index (κ2) is 9.80. The summed E-state index contributed by atoms with van der Waals surface area (Å²) in [5.41, 5.74) is 1.83. The minimum absolute atomic E-state index is 0.0374. The Morgan fingerprint density at radius 3 is 2.42 bits per heavy atom. The van der Waals surface area contributed by atoms with Crippen LogP contribution >= 0.6 is 30.9 Å². The Kier molecular flexibility index (Phi) is 8.03. The van der Waals surface area contributed by atoms with Gasteiger partial charge in [-0.05, 0) is 36.6 Å². The Balaban J connectivity index is 1.79. The van der Waals surface area contributed by atoms with Gasteiger partial charge in [-0.25, -0.2) is 9.79 Å². The topological polar surface area (TPSA) is 69.6 Å². The Morgan fingerprint density at radius 2 is 1.77 bits per heavy atom. The number of benzene rings is 2. The van der Waals surface area contributed by atoms with E-state index in [-0.39, 0.29) is 30.7 Å². The molecule has 3 N–H and O–H groups in total. The fourth-order valence-corrected chi connectivity index (χ4v) is 4.56. The first-order chi connectivity index (χ1) is 12.2. The van der Waals surface area contributed by atoms with Crippen LogP contribution in [0, 0.1) is 0 Å². The summed E-state index contributed by atoms with van der Waals surface area (Å²) in [6.07, 6.45) is 0.597. The van der Waals surface area contributed by atoms with Crippen LogP contribution in [-0.2, 0) is 17.4 Å². The molecule has 0 saturated heterocycles. The first-order valence-corrected chi connectivity index (χ1v) is 11.1. The molecule has 0 radical (unpaired) electrons. The summed E-state index contributed by atoms with van der Waals surface area (Å²) >= 11 is 11.9. The van der Waals surface area contributed by atoms with E-state index in [9.17, 15) is 14.6 Å². The summed E-state index contributed by atoms with van der Waals surface area (Å²) in [5.74, 6) is -0.208. The average Bonchev–Trinajstić information content (AvgIpc) is 2.56. The fraction of sp³-hybridized carbons (Fsp3) is 0.316.